The highest BCUT2D eigenvalue weighted by Gasteiger charge is 2.19. The van der Waals surface area contributed by atoms with Gasteiger partial charge in [0.1, 0.15) is 5.65 Å². The predicted octanol–water partition coefficient (Wildman–Crippen LogP) is 11.1. The summed E-state index contributed by atoms with van der Waals surface area (Å²) in [7, 11) is 0. The fraction of sp³-hybridized carbons (Fsp3) is 0. The summed E-state index contributed by atoms with van der Waals surface area (Å²) in [5.74, 6) is 0. The molecule has 10 aromatic rings. The van der Waals surface area contributed by atoms with E-state index in [1.54, 1.807) is 0 Å². The summed E-state index contributed by atoms with van der Waals surface area (Å²) in [4.78, 5) is 14.4. The molecule has 0 saturated carbocycles. The Labute approximate surface area is 288 Å². The molecule has 0 aliphatic heterocycles. The second kappa shape index (κ2) is 11.4. The number of hydrogen-bond acceptors (Lipinski definition) is 3. The summed E-state index contributed by atoms with van der Waals surface area (Å²) >= 11 is 0. The van der Waals surface area contributed by atoms with Gasteiger partial charge in [-0.05, 0) is 90.5 Å². The minimum absolute atomic E-state index is 0.904. The number of rotatable bonds is 5. The maximum absolute atomic E-state index is 4.96. The van der Waals surface area contributed by atoms with Crippen molar-refractivity contribution in [2.45, 2.75) is 0 Å². The summed E-state index contributed by atoms with van der Waals surface area (Å²) in [6, 6.07) is 55.6. The van der Waals surface area contributed by atoms with Crippen LogP contribution in [-0.2, 0) is 0 Å². The van der Waals surface area contributed by atoms with Crippen LogP contribution in [0.25, 0.3) is 88.8 Å². The number of fused-ring (bicyclic) bond motifs is 6. The Kier molecular flexibility index (Phi) is 6.42. The smallest absolute Gasteiger partial charge is 0.145 e. The lowest BCUT2D eigenvalue weighted by Crippen LogP contribution is -1.98. The quantitative estimate of drug-likeness (QED) is 0.188. The summed E-state index contributed by atoms with van der Waals surface area (Å²) in [6.45, 7) is 0. The van der Waals surface area contributed by atoms with Crippen LogP contribution in [0.2, 0.25) is 0 Å². The van der Waals surface area contributed by atoms with E-state index < -0.39 is 0 Å². The topological polar surface area (TPSA) is 48.5 Å². The van der Waals surface area contributed by atoms with Gasteiger partial charge in [-0.1, -0.05) is 72.8 Å². The van der Waals surface area contributed by atoms with Crippen LogP contribution >= 0.6 is 0 Å². The first kappa shape index (κ1) is 28.2. The van der Waals surface area contributed by atoms with Crippen molar-refractivity contribution >= 4 is 43.7 Å². The molecule has 0 fully saturated rings. The molecule has 0 radical (unpaired) electrons. The van der Waals surface area contributed by atoms with Gasteiger partial charge < -0.3 is 4.57 Å². The normalized spacial score (nSPS) is 11.6. The summed E-state index contributed by atoms with van der Waals surface area (Å²) in [5, 5.41) is 4.72. The molecule has 0 saturated heterocycles. The van der Waals surface area contributed by atoms with Crippen molar-refractivity contribution in [2.75, 3.05) is 0 Å². The number of pyridine rings is 3. The molecule has 0 aliphatic carbocycles. The first-order valence-corrected chi connectivity index (χ1v) is 16.8. The van der Waals surface area contributed by atoms with Gasteiger partial charge in [-0.3, -0.25) is 14.5 Å². The van der Waals surface area contributed by atoms with Gasteiger partial charge in [0.15, 0.2) is 0 Å². The Bertz CT molecular complexity index is 2800. The van der Waals surface area contributed by atoms with E-state index in [0.717, 1.165) is 61.4 Å². The van der Waals surface area contributed by atoms with Gasteiger partial charge in [-0.25, -0.2) is 4.98 Å². The Morgan fingerprint density at radius 3 is 1.78 bits per heavy atom. The number of aromatic nitrogens is 5. The average Bonchev–Trinajstić information content (AvgIpc) is 3.71. The number of benzene rings is 5. The predicted molar refractivity (Wildman–Crippen MR) is 205 cm³/mol. The molecule has 0 atom stereocenters. The maximum Gasteiger partial charge on any atom is 0.145 e. The highest BCUT2D eigenvalue weighted by molar-refractivity contribution is 6.15. The first-order chi connectivity index (χ1) is 24.8. The van der Waals surface area contributed by atoms with Crippen LogP contribution in [0.1, 0.15) is 0 Å². The molecule has 5 aromatic carbocycles. The number of nitrogens with zero attached hydrogens (tertiary/aromatic N) is 5. The molecule has 5 aromatic heterocycles. The molecule has 0 aliphatic rings. The van der Waals surface area contributed by atoms with Crippen LogP contribution in [0.15, 0.2) is 176 Å². The number of para-hydroxylation sites is 3. The van der Waals surface area contributed by atoms with Gasteiger partial charge in [-0.15, -0.1) is 0 Å². The lowest BCUT2D eigenvalue weighted by atomic mass is 10.00. The van der Waals surface area contributed by atoms with E-state index in [-0.39, 0.29) is 0 Å². The van der Waals surface area contributed by atoms with E-state index in [1.165, 1.54) is 27.4 Å². The molecular formula is C45H29N5. The lowest BCUT2D eigenvalue weighted by molar-refractivity contribution is 1.13. The Hall–Kier alpha value is -6.85. The Balaban J connectivity index is 1.23. The van der Waals surface area contributed by atoms with E-state index in [2.05, 4.69) is 124 Å². The van der Waals surface area contributed by atoms with Crippen molar-refractivity contribution in [1.29, 1.82) is 0 Å². The van der Waals surface area contributed by atoms with Gasteiger partial charge in [0.25, 0.3) is 0 Å². The van der Waals surface area contributed by atoms with Crippen LogP contribution in [0.3, 0.4) is 0 Å². The lowest BCUT2D eigenvalue weighted by Gasteiger charge is -2.13. The molecule has 5 heteroatoms. The molecule has 234 valence electrons. The highest BCUT2D eigenvalue weighted by Crippen LogP contribution is 2.41. The molecule has 0 unspecified atom stereocenters. The largest absolute Gasteiger partial charge is 0.309 e. The maximum atomic E-state index is 4.96. The molecule has 0 bridgehead atoms. The van der Waals surface area contributed by atoms with Crippen molar-refractivity contribution in [3.63, 3.8) is 0 Å². The third-order valence-electron chi connectivity index (χ3n) is 9.64. The van der Waals surface area contributed by atoms with Gasteiger partial charge >= 0.3 is 0 Å². The van der Waals surface area contributed by atoms with E-state index in [4.69, 9.17) is 15.0 Å². The van der Waals surface area contributed by atoms with Crippen molar-refractivity contribution in [3.05, 3.63) is 176 Å². The van der Waals surface area contributed by atoms with Gasteiger partial charge in [0, 0.05) is 68.2 Å². The zero-order valence-corrected chi connectivity index (χ0v) is 27.0. The summed E-state index contributed by atoms with van der Waals surface area (Å²) in [5.41, 5.74) is 12.7. The van der Waals surface area contributed by atoms with Crippen molar-refractivity contribution in [3.8, 4) is 45.0 Å². The van der Waals surface area contributed by atoms with E-state index >= 15 is 0 Å². The third-order valence-corrected chi connectivity index (χ3v) is 9.64. The SMILES string of the molecule is c1ccc(-n2c3ccccc3c3cccc(-c4ccc5c(c4)c4cccnc4n5-c4cc(-c5ccccn5)cc(-c5ccccn5)c4)c32)cc1. The average molecular weight is 640 g/mol. The summed E-state index contributed by atoms with van der Waals surface area (Å²) < 4.78 is 4.67. The molecule has 5 heterocycles. The van der Waals surface area contributed by atoms with Crippen molar-refractivity contribution in [1.82, 2.24) is 24.1 Å². The molecular weight excluding hydrogens is 611 g/mol. The van der Waals surface area contributed by atoms with Crippen LogP contribution in [0.5, 0.6) is 0 Å². The van der Waals surface area contributed by atoms with Crippen molar-refractivity contribution in [2.24, 2.45) is 0 Å². The Morgan fingerprint density at radius 2 is 1.02 bits per heavy atom. The molecule has 0 spiro atoms. The second-order valence-corrected chi connectivity index (χ2v) is 12.5. The number of hydrogen-bond donors (Lipinski definition) is 0. The van der Waals surface area contributed by atoms with Crippen molar-refractivity contribution < 1.29 is 0 Å². The van der Waals surface area contributed by atoms with Gasteiger partial charge in [0.05, 0.1) is 27.9 Å². The molecule has 10 rings (SSSR count). The monoisotopic (exact) mass is 639 g/mol. The fourth-order valence-electron chi connectivity index (χ4n) is 7.48. The first-order valence-electron chi connectivity index (χ1n) is 16.8. The van der Waals surface area contributed by atoms with E-state index in [0.29, 0.717) is 0 Å². The molecule has 0 N–H and O–H groups in total. The fourth-order valence-corrected chi connectivity index (χ4v) is 7.48. The van der Waals surface area contributed by atoms with Crippen LogP contribution in [0.4, 0.5) is 0 Å². The molecule has 0 amide bonds. The molecule has 5 nitrogen and oxygen atoms in total. The summed E-state index contributed by atoms with van der Waals surface area (Å²) in [6.07, 6.45) is 5.55. The minimum Gasteiger partial charge on any atom is -0.309 e. The highest BCUT2D eigenvalue weighted by atomic mass is 15.0. The Morgan fingerprint density at radius 1 is 0.360 bits per heavy atom. The van der Waals surface area contributed by atoms with Gasteiger partial charge in [-0.2, -0.15) is 0 Å². The van der Waals surface area contributed by atoms with Crippen LogP contribution < -0.4 is 0 Å². The zero-order chi connectivity index (χ0) is 33.0. The third kappa shape index (κ3) is 4.45. The van der Waals surface area contributed by atoms with Crippen LogP contribution in [0, 0.1) is 0 Å². The standard InChI is InChI=1S/C45H29N5/c1-2-12-33(13-3-1)49-42-20-5-4-14-36(42)37-16-10-15-35(44(37)49)30-21-22-43-39(29-30)38-17-11-25-48-45(38)50(43)34-27-31(40-18-6-8-23-46-40)26-32(28-34)41-19-7-9-24-47-41/h1-29H. The second-order valence-electron chi connectivity index (χ2n) is 12.5. The molecule has 50 heavy (non-hydrogen) atoms. The van der Waals surface area contributed by atoms with E-state index in [1.807, 2.05) is 61.1 Å². The minimum atomic E-state index is 0.904. The van der Waals surface area contributed by atoms with E-state index in [9.17, 15) is 0 Å². The van der Waals surface area contributed by atoms with Crippen LogP contribution in [-0.4, -0.2) is 24.1 Å². The zero-order valence-electron chi connectivity index (χ0n) is 27.0. The van der Waals surface area contributed by atoms with Gasteiger partial charge in [0.2, 0.25) is 0 Å².